The molecule has 0 amide bonds. The average Bonchev–Trinajstić information content (AvgIpc) is 2.99. The van der Waals surface area contributed by atoms with Gasteiger partial charge in [0.15, 0.2) is 0 Å². The Morgan fingerprint density at radius 1 is 1.00 bits per heavy atom. The average molecular weight is 281 g/mol. The first-order valence-corrected chi connectivity index (χ1v) is 6.63. The van der Waals surface area contributed by atoms with E-state index in [-0.39, 0.29) is 0 Å². The highest BCUT2D eigenvalue weighted by Crippen LogP contribution is 2.13. The lowest BCUT2D eigenvalue weighted by molar-refractivity contribution is 0.280. The number of rotatable bonds is 5. The van der Waals surface area contributed by atoms with E-state index in [0.717, 1.165) is 11.3 Å². The van der Waals surface area contributed by atoms with Crippen molar-refractivity contribution in [2.24, 2.45) is 0 Å². The Hall–Kier alpha value is -2.89. The van der Waals surface area contributed by atoms with Crippen LogP contribution in [0.5, 0.6) is 5.75 Å². The molecular weight excluding hydrogens is 266 g/mol. The van der Waals surface area contributed by atoms with Crippen LogP contribution in [0.15, 0.2) is 54.6 Å². The lowest BCUT2D eigenvalue weighted by atomic mass is 10.2. The molecule has 0 aliphatic heterocycles. The van der Waals surface area contributed by atoms with Crippen molar-refractivity contribution in [3.05, 3.63) is 54.6 Å². The first kappa shape index (κ1) is 13.1. The number of nitrogens with two attached hydrogens (primary N) is 1. The standard InChI is InChI=1S/C15H15N5O/c16-13-6-8-14(9-7-13)21-11-10-20-18-15(17-19-20)12-4-2-1-3-5-12/h1-9H,10-11,16H2. The van der Waals surface area contributed by atoms with Gasteiger partial charge in [0, 0.05) is 11.3 Å². The minimum absolute atomic E-state index is 0.467. The van der Waals surface area contributed by atoms with E-state index in [0.29, 0.717) is 24.7 Å². The molecule has 0 radical (unpaired) electrons. The Labute approximate surface area is 122 Å². The zero-order valence-corrected chi connectivity index (χ0v) is 11.4. The molecule has 0 aliphatic rings. The summed E-state index contributed by atoms with van der Waals surface area (Å²) >= 11 is 0. The van der Waals surface area contributed by atoms with E-state index in [1.807, 2.05) is 42.5 Å². The van der Waals surface area contributed by atoms with E-state index in [1.54, 1.807) is 12.1 Å². The molecule has 106 valence electrons. The lowest BCUT2D eigenvalue weighted by Crippen LogP contribution is -2.11. The number of hydrogen-bond acceptors (Lipinski definition) is 5. The van der Waals surface area contributed by atoms with Crippen LogP contribution in [0.25, 0.3) is 11.4 Å². The minimum Gasteiger partial charge on any atom is -0.492 e. The van der Waals surface area contributed by atoms with Gasteiger partial charge in [-0.1, -0.05) is 30.3 Å². The number of aromatic nitrogens is 4. The van der Waals surface area contributed by atoms with Crippen LogP contribution in [0.1, 0.15) is 0 Å². The molecule has 0 fully saturated rings. The molecule has 2 aromatic carbocycles. The molecule has 0 unspecified atom stereocenters. The molecule has 6 nitrogen and oxygen atoms in total. The highest BCUT2D eigenvalue weighted by molar-refractivity contribution is 5.52. The zero-order valence-electron chi connectivity index (χ0n) is 11.4. The smallest absolute Gasteiger partial charge is 0.204 e. The summed E-state index contributed by atoms with van der Waals surface area (Å²) in [6.45, 7) is 0.999. The van der Waals surface area contributed by atoms with Gasteiger partial charge in [-0.15, -0.1) is 10.2 Å². The van der Waals surface area contributed by atoms with Crippen molar-refractivity contribution in [3.63, 3.8) is 0 Å². The molecule has 1 aromatic heterocycles. The molecule has 6 heteroatoms. The van der Waals surface area contributed by atoms with E-state index in [4.69, 9.17) is 10.5 Å². The maximum Gasteiger partial charge on any atom is 0.204 e. The monoisotopic (exact) mass is 281 g/mol. The fourth-order valence-electron chi connectivity index (χ4n) is 1.85. The van der Waals surface area contributed by atoms with Crippen molar-refractivity contribution >= 4 is 5.69 Å². The van der Waals surface area contributed by atoms with Crippen LogP contribution in [0.3, 0.4) is 0 Å². The summed E-state index contributed by atoms with van der Waals surface area (Å²) in [4.78, 5) is 1.53. The second-order valence-corrected chi connectivity index (χ2v) is 4.49. The van der Waals surface area contributed by atoms with Gasteiger partial charge in [0.25, 0.3) is 0 Å². The molecular formula is C15H15N5O. The van der Waals surface area contributed by atoms with E-state index in [9.17, 15) is 0 Å². The Balaban J connectivity index is 1.57. The van der Waals surface area contributed by atoms with Gasteiger partial charge in [0.05, 0.1) is 6.54 Å². The molecule has 21 heavy (non-hydrogen) atoms. The fraction of sp³-hybridized carbons (Fsp3) is 0.133. The van der Waals surface area contributed by atoms with Crippen LogP contribution in [0.4, 0.5) is 5.69 Å². The number of benzene rings is 2. The molecule has 3 aromatic rings. The molecule has 2 N–H and O–H groups in total. The zero-order chi connectivity index (χ0) is 14.5. The first-order valence-electron chi connectivity index (χ1n) is 6.63. The highest BCUT2D eigenvalue weighted by Gasteiger charge is 2.05. The third-order valence-corrected chi connectivity index (χ3v) is 2.92. The van der Waals surface area contributed by atoms with Gasteiger partial charge in [-0.25, -0.2) is 0 Å². The summed E-state index contributed by atoms with van der Waals surface area (Å²) in [6.07, 6.45) is 0. The quantitative estimate of drug-likeness (QED) is 0.724. The maximum atomic E-state index is 5.62. The molecule has 0 saturated heterocycles. The largest absolute Gasteiger partial charge is 0.492 e. The summed E-state index contributed by atoms with van der Waals surface area (Å²) in [5, 5.41) is 12.4. The van der Waals surface area contributed by atoms with Crippen LogP contribution < -0.4 is 10.5 Å². The number of nitrogens with zero attached hydrogens (tertiary/aromatic N) is 4. The van der Waals surface area contributed by atoms with Gasteiger partial charge in [-0.3, -0.25) is 0 Å². The summed E-state index contributed by atoms with van der Waals surface area (Å²) in [6, 6.07) is 17.0. The van der Waals surface area contributed by atoms with Crippen molar-refractivity contribution in [2.75, 3.05) is 12.3 Å². The maximum absolute atomic E-state index is 5.62. The van der Waals surface area contributed by atoms with Gasteiger partial charge in [-0.05, 0) is 29.5 Å². The minimum atomic E-state index is 0.467. The number of hydrogen-bond donors (Lipinski definition) is 1. The van der Waals surface area contributed by atoms with E-state index >= 15 is 0 Å². The Morgan fingerprint density at radius 3 is 2.52 bits per heavy atom. The lowest BCUT2D eigenvalue weighted by Gasteiger charge is -2.05. The van der Waals surface area contributed by atoms with E-state index < -0.39 is 0 Å². The predicted octanol–water partition coefficient (Wildman–Crippen LogP) is 2.00. The SMILES string of the molecule is Nc1ccc(OCCn2nnc(-c3ccccc3)n2)cc1. The molecule has 1 heterocycles. The van der Waals surface area contributed by atoms with Gasteiger partial charge in [0.2, 0.25) is 5.82 Å². The third-order valence-electron chi connectivity index (χ3n) is 2.92. The van der Waals surface area contributed by atoms with Crippen molar-refractivity contribution in [3.8, 4) is 17.1 Å². The van der Waals surface area contributed by atoms with E-state index in [2.05, 4.69) is 15.4 Å². The first-order chi connectivity index (χ1) is 10.3. The molecule has 0 saturated carbocycles. The third kappa shape index (κ3) is 3.36. The van der Waals surface area contributed by atoms with Crippen LogP contribution >= 0.6 is 0 Å². The molecule has 3 rings (SSSR count). The number of ether oxygens (including phenoxy) is 1. The summed E-state index contributed by atoms with van der Waals surface area (Å²) < 4.78 is 5.60. The summed E-state index contributed by atoms with van der Waals surface area (Å²) in [5.74, 6) is 1.38. The Morgan fingerprint density at radius 2 is 1.76 bits per heavy atom. The second-order valence-electron chi connectivity index (χ2n) is 4.49. The number of tetrazole rings is 1. The van der Waals surface area contributed by atoms with Crippen molar-refractivity contribution < 1.29 is 4.74 Å². The van der Waals surface area contributed by atoms with Crippen LogP contribution in [0.2, 0.25) is 0 Å². The van der Waals surface area contributed by atoms with Crippen LogP contribution in [-0.4, -0.2) is 26.8 Å². The molecule has 0 bridgehead atoms. The highest BCUT2D eigenvalue weighted by atomic mass is 16.5. The molecule has 0 aliphatic carbocycles. The second kappa shape index (κ2) is 6.04. The van der Waals surface area contributed by atoms with Crippen LogP contribution in [-0.2, 0) is 6.54 Å². The van der Waals surface area contributed by atoms with Crippen molar-refractivity contribution in [1.82, 2.24) is 20.2 Å². The van der Waals surface area contributed by atoms with Crippen LogP contribution in [0, 0.1) is 0 Å². The van der Waals surface area contributed by atoms with Gasteiger partial charge in [0.1, 0.15) is 12.4 Å². The number of nitrogen functional groups attached to an aromatic ring is 1. The number of anilines is 1. The van der Waals surface area contributed by atoms with E-state index in [1.165, 1.54) is 4.80 Å². The van der Waals surface area contributed by atoms with Crippen molar-refractivity contribution in [2.45, 2.75) is 6.54 Å². The molecule has 0 atom stereocenters. The predicted molar refractivity (Wildman–Crippen MR) is 79.6 cm³/mol. The normalized spacial score (nSPS) is 10.5. The fourth-order valence-corrected chi connectivity index (χ4v) is 1.85. The molecule has 0 spiro atoms. The van der Waals surface area contributed by atoms with Gasteiger partial charge in [-0.2, -0.15) is 4.80 Å². The Kier molecular flexibility index (Phi) is 3.77. The summed E-state index contributed by atoms with van der Waals surface area (Å²) in [7, 11) is 0. The topological polar surface area (TPSA) is 78.9 Å². The van der Waals surface area contributed by atoms with Gasteiger partial charge >= 0.3 is 0 Å². The summed E-state index contributed by atoms with van der Waals surface area (Å²) in [5.41, 5.74) is 7.28. The van der Waals surface area contributed by atoms with Gasteiger partial charge < -0.3 is 10.5 Å². The van der Waals surface area contributed by atoms with Crippen molar-refractivity contribution in [1.29, 1.82) is 0 Å². The Bertz CT molecular complexity index is 694.